The Hall–Kier alpha value is -3.37. The molecule has 1 amide bonds. The van der Waals surface area contributed by atoms with Crippen LogP contribution in [-0.2, 0) is 14.3 Å². The van der Waals surface area contributed by atoms with Gasteiger partial charge in [0.15, 0.2) is 0 Å². The van der Waals surface area contributed by atoms with Crippen LogP contribution in [0.1, 0.15) is 53.4 Å². The number of fused-ring (bicyclic) bond motifs is 1. The molecule has 38 heavy (non-hydrogen) atoms. The Morgan fingerprint density at radius 3 is 2.79 bits per heavy atom. The van der Waals surface area contributed by atoms with Crippen molar-refractivity contribution in [2.24, 2.45) is 23.2 Å². The number of hydrogen-bond donors (Lipinski definition) is 4. The lowest BCUT2D eigenvalue weighted by molar-refractivity contribution is -0.162. The van der Waals surface area contributed by atoms with Crippen LogP contribution in [0.25, 0.3) is 0 Å². The molecule has 0 saturated heterocycles. The second-order valence-electron chi connectivity index (χ2n) is 10.7. The van der Waals surface area contributed by atoms with Crippen LogP contribution in [0.3, 0.4) is 0 Å². The van der Waals surface area contributed by atoms with Crippen LogP contribution in [0.4, 0.5) is 5.95 Å². The molecule has 0 aromatic carbocycles. The predicted octanol–water partition coefficient (Wildman–Crippen LogP) is 3.43. The molecule has 0 radical (unpaired) electrons. The molecular formula is C28H39N5O5. The normalized spacial score (nSPS) is 25.9. The summed E-state index contributed by atoms with van der Waals surface area (Å²) >= 11 is 0. The second-order valence-corrected chi connectivity index (χ2v) is 10.7. The summed E-state index contributed by atoms with van der Waals surface area (Å²) in [5, 5.41) is 35.9. The van der Waals surface area contributed by atoms with Gasteiger partial charge in [0.1, 0.15) is 6.10 Å². The number of aliphatic hydroxyl groups excluding tert-OH is 2. The van der Waals surface area contributed by atoms with Crippen LogP contribution in [-0.4, -0.2) is 61.0 Å². The summed E-state index contributed by atoms with van der Waals surface area (Å²) in [7, 11) is 0. The molecule has 0 fully saturated rings. The number of aromatic nitrogens is 4. The van der Waals surface area contributed by atoms with E-state index in [1.807, 2.05) is 32.9 Å². The summed E-state index contributed by atoms with van der Waals surface area (Å²) in [6, 6.07) is 0. The lowest BCUT2D eigenvalue weighted by Gasteiger charge is -2.40. The number of hydrogen-bond acceptors (Lipinski definition) is 8. The van der Waals surface area contributed by atoms with Crippen LogP contribution in [0.5, 0.6) is 0 Å². The highest BCUT2D eigenvalue weighted by atomic mass is 16.5. The van der Waals surface area contributed by atoms with Crippen molar-refractivity contribution in [3.05, 3.63) is 60.3 Å². The minimum atomic E-state index is -1.06. The second kappa shape index (κ2) is 12.9. The number of allylic oxidation sites excluding steroid dienone is 6. The summed E-state index contributed by atoms with van der Waals surface area (Å²) in [5.41, 5.74) is 1.57. The summed E-state index contributed by atoms with van der Waals surface area (Å²) in [6.07, 6.45) is 12.3. The van der Waals surface area contributed by atoms with E-state index in [1.165, 1.54) is 0 Å². The van der Waals surface area contributed by atoms with Gasteiger partial charge in [0, 0.05) is 18.3 Å². The molecule has 1 aromatic rings. The number of anilines is 1. The third-order valence-corrected chi connectivity index (χ3v) is 7.15. The summed E-state index contributed by atoms with van der Waals surface area (Å²) in [6.45, 7) is 11.9. The molecule has 1 heterocycles. The van der Waals surface area contributed by atoms with Gasteiger partial charge in [-0.2, -0.15) is 5.21 Å². The Balaban J connectivity index is 1.71. The minimum Gasteiger partial charge on any atom is -0.461 e. The van der Waals surface area contributed by atoms with E-state index in [2.05, 4.69) is 57.7 Å². The lowest BCUT2D eigenvalue weighted by Crippen LogP contribution is -2.39. The van der Waals surface area contributed by atoms with Crippen molar-refractivity contribution in [1.29, 1.82) is 0 Å². The Labute approximate surface area is 223 Å². The number of nitrogens with zero attached hydrogens (tertiary/aromatic N) is 3. The highest BCUT2D eigenvalue weighted by Gasteiger charge is 2.40. The van der Waals surface area contributed by atoms with Crippen LogP contribution in [0.2, 0.25) is 0 Å². The van der Waals surface area contributed by atoms with Crippen molar-refractivity contribution >= 4 is 17.8 Å². The largest absolute Gasteiger partial charge is 0.461 e. The third-order valence-electron chi connectivity index (χ3n) is 7.15. The van der Waals surface area contributed by atoms with Crippen LogP contribution >= 0.6 is 0 Å². The topological polar surface area (TPSA) is 150 Å². The highest BCUT2D eigenvalue weighted by Crippen LogP contribution is 2.43. The van der Waals surface area contributed by atoms with Crippen molar-refractivity contribution < 1.29 is 24.5 Å². The standard InChI is InChI=1S/C28H39N5O5/c1-6-18-11-12-19-13-17(3)14-23(38-26(37)28(4,5)7-2)25(19)22(18)10-8-9-20(34)15-21(35)16-24(36)29-27-30-32-33-31-27/h6,8-13,17-18,20-21,23,25,34-35H,1,7,14-16H2,2-5H3,(H2,29,30,31,32,33,36)/b9-8?,22-10+/t17-,18?,20?,21+,23-,25?/m0/s1. The fourth-order valence-electron chi connectivity index (χ4n) is 4.64. The number of carbonyl (C=O) groups excluding carboxylic acids is 2. The zero-order valence-electron chi connectivity index (χ0n) is 22.5. The molecule has 0 spiro atoms. The molecule has 0 saturated carbocycles. The van der Waals surface area contributed by atoms with E-state index in [1.54, 1.807) is 12.2 Å². The Morgan fingerprint density at radius 1 is 1.37 bits per heavy atom. The van der Waals surface area contributed by atoms with Gasteiger partial charge in [-0.15, -0.1) is 11.7 Å². The summed E-state index contributed by atoms with van der Waals surface area (Å²) in [4.78, 5) is 24.9. The zero-order valence-corrected chi connectivity index (χ0v) is 22.5. The number of ether oxygens (including phenoxy) is 1. The first-order valence-corrected chi connectivity index (χ1v) is 13.0. The maximum atomic E-state index is 13.0. The van der Waals surface area contributed by atoms with Gasteiger partial charge in [-0.3, -0.25) is 14.9 Å². The van der Waals surface area contributed by atoms with Crippen LogP contribution in [0.15, 0.2) is 60.3 Å². The smallest absolute Gasteiger partial charge is 0.311 e. The van der Waals surface area contributed by atoms with E-state index in [0.717, 1.165) is 17.6 Å². The number of nitrogens with one attached hydrogen (secondary N) is 2. The first-order chi connectivity index (χ1) is 18.0. The molecule has 0 bridgehead atoms. The first kappa shape index (κ1) is 29.2. The number of tetrazole rings is 1. The van der Waals surface area contributed by atoms with Crippen molar-refractivity contribution in [2.45, 2.75) is 71.7 Å². The zero-order chi connectivity index (χ0) is 27.9. The third kappa shape index (κ3) is 7.58. The van der Waals surface area contributed by atoms with Crippen molar-refractivity contribution in [3.63, 3.8) is 0 Å². The van der Waals surface area contributed by atoms with Crippen LogP contribution in [0, 0.1) is 23.2 Å². The van der Waals surface area contributed by atoms with E-state index in [9.17, 15) is 19.8 Å². The average Bonchev–Trinajstić information content (AvgIpc) is 3.36. The number of amides is 1. The van der Waals surface area contributed by atoms with Gasteiger partial charge in [-0.05, 0) is 49.0 Å². The molecule has 3 unspecified atom stereocenters. The maximum absolute atomic E-state index is 13.0. The number of rotatable bonds is 11. The molecule has 2 aliphatic carbocycles. The van der Waals surface area contributed by atoms with Crippen LogP contribution < -0.4 is 5.32 Å². The molecule has 10 nitrogen and oxygen atoms in total. The molecule has 3 rings (SSSR count). The first-order valence-electron chi connectivity index (χ1n) is 13.0. The Kier molecular flexibility index (Phi) is 9.93. The van der Waals surface area contributed by atoms with Gasteiger partial charge in [-0.1, -0.05) is 61.5 Å². The molecular weight excluding hydrogens is 486 g/mol. The molecule has 2 aliphatic rings. The summed E-state index contributed by atoms with van der Waals surface area (Å²) < 4.78 is 6.12. The molecule has 1 aromatic heterocycles. The molecule has 206 valence electrons. The van der Waals surface area contributed by atoms with Gasteiger partial charge in [0.25, 0.3) is 5.95 Å². The molecule has 0 aliphatic heterocycles. The number of aliphatic hydroxyl groups is 2. The number of carbonyl (C=O) groups is 2. The van der Waals surface area contributed by atoms with Gasteiger partial charge >= 0.3 is 5.97 Å². The highest BCUT2D eigenvalue weighted by molar-refractivity contribution is 5.89. The maximum Gasteiger partial charge on any atom is 0.311 e. The number of aromatic amines is 1. The lowest BCUT2D eigenvalue weighted by atomic mass is 9.69. The summed E-state index contributed by atoms with van der Waals surface area (Å²) in [5.74, 6) is -0.570. The van der Waals surface area contributed by atoms with Crippen molar-refractivity contribution in [2.75, 3.05) is 5.32 Å². The molecule has 4 N–H and O–H groups in total. The van der Waals surface area contributed by atoms with Gasteiger partial charge in [-0.25, -0.2) is 0 Å². The number of esters is 1. The molecule has 10 heteroatoms. The fourth-order valence-corrected chi connectivity index (χ4v) is 4.64. The van der Waals surface area contributed by atoms with Crippen molar-refractivity contribution in [1.82, 2.24) is 20.6 Å². The Bertz CT molecular complexity index is 1100. The van der Waals surface area contributed by atoms with E-state index in [4.69, 9.17) is 4.74 Å². The minimum absolute atomic E-state index is 0.0142. The monoisotopic (exact) mass is 525 g/mol. The van der Waals surface area contributed by atoms with Gasteiger partial charge in [0.05, 0.1) is 24.0 Å². The fraction of sp³-hybridized carbons (Fsp3) is 0.536. The van der Waals surface area contributed by atoms with Gasteiger partial charge in [0.2, 0.25) is 5.91 Å². The quantitative estimate of drug-likeness (QED) is 0.253. The SMILES string of the molecule is C=CC1C=CC2=C[C@H](C)C[C@H](OC(=O)C(C)(C)CC)C2/C1=C/C=CC(O)C[C@@H](O)CC(=O)Nc1nn[nH]n1. The van der Waals surface area contributed by atoms with Crippen molar-refractivity contribution in [3.8, 4) is 0 Å². The number of H-pyrrole nitrogens is 1. The predicted molar refractivity (Wildman–Crippen MR) is 143 cm³/mol. The van der Waals surface area contributed by atoms with E-state index >= 15 is 0 Å². The van der Waals surface area contributed by atoms with Gasteiger partial charge < -0.3 is 14.9 Å². The Morgan fingerprint density at radius 2 is 2.13 bits per heavy atom. The van der Waals surface area contributed by atoms with E-state index in [0.29, 0.717) is 6.42 Å². The average molecular weight is 526 g/mol. The molecule has 6 atom stereocenters. The van der Waals surface area contributed by atoms with E-state index in [-0.39, 0.29) is 48.6 Å². The van der Waals surface area contributed by atoms with E-state index < -0.39 is 23.5 Å².